The van der Waals surface area contributed by atoms with Crippen LogP contribution < -0.4 is 10.6 Å². The first-order valence-corrected chi connectivity index (χ1v) is 12.0. The lowest BCUT2D eigenvalue weighted by Crippen LogP contribution is -2.64. The highest BCUT2D eigenvalue weighted by atomic mass is 16.6. The first-order valence-electron chi connectivity index (χ1n) is 12.0. The van der Waals surface area contributed by atoms with Crippen molar-refractivity contribution in [3.05, 3.63) is 0 Å². The molecule has 2 atom stereocenters. The van der Waals surface area contributed by atoms with Gasteiger partial charge in [0.15, 0.2) is 0 Å². The summed E-state index contributed by atoms with van der Waals surface area (Å²) in [6, 6.07) is -1.50. The van der Waals surface area contributed by atoms with Gasteiger partial charge in [-0.1, -0.05) is 13.8 Å². The first-order chi connectivity index (χ1) is 14.9. The van der Waals surface area contributed by atoms with Gasteiger partial charge in [-0.15, -0.1) is 0 Å². The molecule has 190 valence electrons. The molecule has 2 saturated heterocycles. The Balaban J connectivity index is 2.07. The van der Waals surface area contributed by atoms with E-state index in [2.05, 4.69) is 10.6 Å². The standard InChI is InChI=1S/C24H44N4O5/c1-15(2)18(20(30)25-16-13-23(6,7)28(32)24(8,9)14-16)26-19(29)17-11-10-12-27(17)21(31)33-22(3,4)5/h15-18,32H,10-14H2,1-9H3,(H,25,30)(H,26,29)/t17-,18+/m0/s1. The number of amides is 3. The van der Waals surface area contributed by atoms with Crippen LogP contribution in [0.4, 0.5) is 4.79 Å². The minimum absolute atomic E-state index is 0.131. The second-order valence-electron chi connectivity index (χ2n) is 12.1. The third kappa shape index (κ3) is 6.82. The Morgan fingerprint density at radius 2 is 1.61 bits per heavy atom. The maximum absolute atomic E-state index is 13.2. The molecule has 0 aliphatic carbocycles. The summed E-state index contributed by atoms with van der Waals surface area (Å²) in [6.07, 6.45) is 1.92. The van der Waals surface area contributed by atoms with Crippen molar-refractivity contribution in [2.24, 2.45) is 5.92 Å². The summed E-state index contributed by atoms with van der Waals surface area (Å²) in [5.74, 6) is -0.717. The Hall–Kier alpha value is -1.87. The quantitative estimate of drug-likeness (QED) is 0.572. The van der Waals surface area contributed by atoms with Crippen molar-refractivity contribution in [3.8, 4) is 0 Å². The Labute approximate surface area is 198 Å². The molecule has 2 aliphatic rings. The highest BCUT2D eigenvalue weighted by molar-refractivity contribution is 5.91. The highest BCUT2D eigenvalue weighted by Gasteiger charge is 2.46. The molecule has 0 spiro atoms. The van der Waals surface area contributed by atoms with Crippen LogP contribution >= 0.6 is 0 Å². The predicted octanol–water partition coefficient (Wildman–Crippen LogP) is 3.05. The van der Waals surface area contributed by atoms with Crippen molar-refractivity contribution in [3.63, 3.8) is 0 Å². The fraction of sp³-hybridized carbons (Fsp3) is 0.875. The molecule has 0 aromatic heterocycles. The van der Waals surface area contributed by atoms with Crippen molar-refractivity contribution in [1.29, 1.82) is 0 Å². The van der Waals surface area contributed by atoms with Gasteiger partial charge in [-0.2, -0.15) is 5.06 Å². The topological polar surface area (TPSA) is 111 Å². The van der Waals surface area contributed by atoms with E-state index in [0.29, 0.717) is 32.2 Å². The molecule has 0 unspecified atom stereocenters. The van der Waals surface area contributed by atoms with Gasteiger partial charge in [0.05, 0.1) is 0 Å². The second kappa shape index (κ2) is 9.78. The SMILES string of the molecule is CC(C)[C@@H](NC(=O)[C@@H]1CCCN1C(=O)OC(C)(C)C)C(=O)NC1CC(C)(C)N(O)C(C)(C)C1. The number of ether oxygens (including phenoxy) is 1. The van der Waals surface area contributed by atoms with Crippen LogP contribution in [0.2, 0.25) is 0 Å². The van der Waals surface area contributed by atoms with Gasteiger partial charge in [-0.25, -0.2) is 4.79 Å². The molecular formula is C24H44N4O5. The van der Waals surface area contributed by atoms with Crippen molar-refractivity contribution >= 4 is 17.9 Å². The van der Waals surface area contributed by atoms with E-state index in [1.54, 1.807) is 20.8 Å². The largest absolute Gasteiger partial charge is 0.444 e. The Bertz CT molecular complexity index is 726. The van der Waals surface area contributed by atoms with Crippen LogP contribution in [0.1, 0.15) is 88.0 Å². The lowest BCUT2D eigenvalue weighted by atomic mass is 9.79. The number of carbonyl (C=O) groups excluding carboxylic acids is 3. The molecule has 9 nitrogen and oxygen atoms in total. The van der Waals surface area contributed by atoms with Crippen molar-refractivity contribution < 1.29 is 24.3 Å². The molecule has 33 heavy (non-hydrogen) atoms. The minimum Gasteiger partial charge on any atom is -0.444 e. The molecule has 2 aliphatic heterocycles. The van der Waals surface area contributed by atoms with Gasteiger partial charge in [0.25, 0.3) is 0 Å². The summed E-state index contributed by atoms with van der Waals surface area (Å²) in [7, 11) is 0. The predicted molar refractivity (Wildman–Crippen MR) is 126 cm³/mol. The summed E-state index contributed by atoms with van der Waals surface area (Å²) in [5.41, 5.74) is -1.63. The van der Waals surface area contributed by atoms with Gasteiger partial charge in [0.1, 0.15) is 17.7 Å². The summed E-state index contributed by atoms with van der Waals surface area (Å²) >= 11 is 0. The van der Waals surface area contributed by atoms with Crippen LogP contribution in [-0.2, 0) is 14.3 Å². The number of hydrogen-bond donors (Lipinski definition) is 3. The molecule has 3 amide bonds. The number of piperidine rings is 1. The third-order valence-corrected chi connectivity index (χ3v) is 6.42. The van der Waals surface area contributed by atoms with E-state index in [-0.39, 0.29) is 23.8 Å². The molecule has 3 N–H and O–H groups in total. The van der Waals surface area contributed by atoms with Crippen LogP contribution in [0.3, 0.4) is 0 Å². The van der Waals surface area contributed by atoms with Crippen LogP contribution in [0.5, 0.6) is 0 Å². The number of likely N-dealkylation sites (tertiary alicyclic amines) is 1. The van der Waals surface area contributed by atoms with E-state index in [4.69, 9.17) is 4.74 Å². The number of rotatable bonds is 5. The maximum Gasteiger partial charge on any atom is 0.410 e. The maximum atomic E-state index is 13.2. The molecule has 2 fully saturated rings. The van der Waals surface area contributed by atoms with Gasteiger partial charge >= 0.3 is 6.09 Å². The summed E-state index contributed by atoms with van der Waals surface area (Å²) in [5, 5.41) is 17.9. The van der Waals surface area contributed by atoms with E-state index in [1.165, 1.54) is 9.96 Å². The average Bonchev–Trinajstić information content (AvgIpc) is 3.11. The van der Waals surface area contributed by atoms with Gasteiger partial charge in [-0.3, -0.25) is 14.5 Å². The van der Waals surface area contributed by atoms with E-state index in [1.807, 2.05) is 41.5 Å². The molecule has 9 heteroatoms. The summed E-state index contributed by atoms with van der Waals surface area (Å²) < 4.78 is 5.45. The number of hydrogen-bond acceptors (Lipinski definition) is 6. The molecule has 0 saturated carbocycles. The fourth-order valence-electron chi connectivity index (χ4n) is 5.03. The summed E-state index contributed by atoms with van der Waals surface area (Å²) in [6.45, 7) is 17.4. The zero-order valence-electron chi connectivity index (χ0n) is 21.8. The second-order valence-corrected chi connectivity index (χ2v) is 12.1. The van der Waals surface area contributed by atoms with E-state index >= 15 is 0 Å². The zero-order chi connectivity index (χ0) is 25.4. The van der Waals surface area contributed by atoms with Crippen molar-refractivity contribution in [2.45, 2.75) is 123 Å². The van der Waals surface area contributed by atoms with E-state index in [0.717, 1.165) is 0 Å². The highest BCUT2D eigenvalue weighted by Crippen LogP contribution is 2.36. The van der Waals surface area contributed by atoms with Crippen LogP contribution in [-0.4, -0.2) is 74.4 Å². The fourth-order valence-corrected chi connectivity index (χ4v) is 5.03. The lowest BCUT2D eigenvalue weighted by molar-refractivity contribution is -0.246. The molecule has 0 aromatic carbocycles. The number of hydroxylamine groups is 2. The van der Waals surface area contributed by atoms with Gasteiger partial charge in [-0.05, 0) is 80.1 Å². The van der Waals surface area contributed by atoms with Gasteiger partial charge in [0, 0.05) is 23.7 Å². The van der Waals surface area contributed by atoms with Gasteiger partial charge < -0.3 is 20.6 Å². The molecule has 0 bridgehead atoms. The van der Waals surface area contributed by atoms with E-state index in [9.17, 15) is 19.6 Å². The van der Waals surface area contributed by atoms with Crippen LogP contribution in [0.15, 0.2) is 0 Å². The van der Waals surface area contributed by atoms with Crippen LogP contribution in [0, 0.1) is 5.92 Å². The minimum atomic E-state index is -0.725. The first kappa shape index (κ1) is 27.4. The zero-order valence-corrected chi connectivity index (χ0v) is 21.8. The summed E-state index contributed by atoms with van der Waals surface area (Å²) in [4.78, 5) is 40.3. The lowest BCUT2D eigenvalue weighted by Gasteiger charge is -2.51. The molecule has 2 heterocycles. The molecule has 0 radical (unpaired) electrons. The smallest absolute Gasteiger partial charge is 0.410 e. The Morgan fingerprint density at radius 1 is 1.06 bits per heavy atom. The van der Waals surface area contributed by atoms with Gasteiger partial charge in [0.2, 0.25) is 11.8 Å². The normalized spacial score (nSPS) is 24.5. The molecule has 2 rings (SSSR count). The Kier molecular flexibility index (Phi) is 8.11. The van der Waals surface area contributed by atoms with Crippen molar-refractivity contribution in [1.82, 2.24) is 20.6 Å². The monoisotopic (exact) mass is 468 g/mol. The number of carbonyl (C=O) groups is 3. The molecular weight excluding hydrogens is 424 g/mol. The van der Waals surface area contributed by atoms with Crippen LogP contribution in [0.25, 0.3) is 0 Å². The molecule has 0 aromatic rings. The number of nitrogens with one attached hydrogen (secondary N) is 2. The average molecular weight is 469 g/mol. The van der Waals surface area contributed by atoms with E-state index < -0.39 is 34.9 Å². The Morgan fingerprint density at radius 3 is 2.09 bits per heavy atom. The number of nitrogens with zero attached hydrogens (tertiary/aromatic N) is 2. The van der Waals surface area contributed by atoms with Crippen molar-refractivity contribution in [2.75, 3.05) is 6.54 Å². The third-order valence-electron chi connectivity index (χ3n) is 6.42.